The van der Waals surface area contributed by atoms with Crippen molar-refractivity contribution in [2.24, 2.45) is 0 Å². The number of hydrazine groups is 1. The molecule has 0 bridgehead atoms. The second kappa shape index (κ2) is 24.5. The Hall–Kier alpha value is -2.77. The number of halogens is 1. The molecule has 1 aromatic carbocycles. The molecule has 0 aliphatic carbocycles. The predicted molar refractivity (Wildman–Crippen MR) is 194 cm³/mol. The van der Waals surface area contributed by atoms with Gasteiger partial charge in [0.05, 0.1) is 5.49 Å². The van der Waals surface area contributed by atoms with Crippen LogP contribution in [0.2, 0.25) is 5.15 Å². The van der Waals surface area contributed by atoms with Crippen molar-refractivity contribution in [3.05, 3.63) is 40.7 Å². The number of nitrogens with one attached hydrogen (secondary N) is 3. The minimum Gasteiger partial charge on any atom is -0.508 e. The number of carbonyl (C=O) groups excluding carboxylic acids is 1. The number of amides is 1. The van der Waals surface area contributed by atoms with Crippen LogP contribution >= 0.6 is 23.8 Å². The molecule has 0 spiro atoms. The fourth-order valence-electron chi connectivity index (χ4n) is 5.13. The van der Waals surface area contributed by atoms with Crippen molar-refractivity contribution >= 4 is 46.9 Å². The Bertz CT molecular complexity index is 1090. The predicted octanol–water partition coefficient (Wildman–Crippen LogP) is 5.09. The van der Waals surface area contributed by atoms with Gasteiger partial charge in [0.25, 0.3) is 5.91 Å². The molecule has 0 saturated carbocycles. The zero-order valence-electron chi connectivity index (χ0n) is 28.9. The summed E-state index contributed by atoms with van der Waals surface area (Å²) in [6.07, 6.45) is 3.29. The average Bonchev–Trinajstić information content (AvgIpc) is 3.09. The second-order valence-electron chi connectivity index (χ2n) is 9.60. The third-order valence-electron chi connectivity index (χ3n) is 7.10. The number of hydrogen-bond donors (Lipinski definition) is 5. The molecule has 4 rings (SSSR count). The fourth-order valence-corrected chi connectivity index (χ4v) is 5.38. The zero-order valence-corrected chi connectivity index (χ0v) is 30.4. The maximum absolute atomic E-state index is 12.1. The van der Waals surface area contributed by atoms with Crippen molar-refractivity contribution in [3.63, 3.8) is 0 Å². The molecule has 6 N–H and O–H groups in total. The van der Waals surface area contributed by atoms with Crippen LogP contribution in [0.3, 0.4) is 0 Å². The second-order valence-corrected chi connectivity index (χ2v) is 10.2. The number of phenols is 1. The molecule has 1 amide bonds. The largest absolute Gasteiger partial charge is 0.508 e. The quantitative estimate of drug-likeness (QED) is 0.190. The summed E-state index contributed by atoms with van der Waals surface area (Å²) in [5, 5.41) is 12.3. The van der Waals surface area contributed by atoms with Crippen molar-refractivity contribution in [3.8, 4) is 5.75 Å². The first-order chi connectivity index (χ1) is 21.8. The van der Waals surface area contributed by atoms with Crippen LogP contribution in [0.5, 0.6) is 5.75 Å². The van der Waals surface area contributed by atoms with Gasteiger partial charge in [-0.2, -0.15) is 0 Å². The molecule has 1 aromatic heterocycles. The van der Waals surface area contributed by atoms with Gasteiger partial charge in [0, 0.05) is 52.4 Å². The average molecular weight is 668 g/mol. The Morgan fingerprint density at radius 3 is 2.13 bits per heavy atom. The van der Waals surface area contributed by atoms with Gasteiger partial charge < -0.3 is 21.1 Å². The smallest absolute Gasteiger partial charge is 0.287 e. The zero-order chi connectivity index (χ0) is 34.4. The molecule has 11 nitrogen and oxygen atoms in total. The Morgan fingerprint density at radius 1 is 1.04 bits per heavy atom. The number of rotatable bonds is 8. The lowest BCUT2D eigenvalue weighted by molar-refractivity contribution is 0.0610. The number of nitrogens with zero attached hydrogens (tertiary/aromatic N) is 5. The first-order valence-electron chi connectivity index (χ1n) is 16.2. The number of carbonyl (C=O) groups is 1. The number of aromatic hydroxyl groups is 1. The summed E-state index contributed by atoms with van der Waals surface area (Å²) < 4.78 is 0. The number of benzene rings is 1. The van der Waals surface area contributed by atoms with Gasteiger partial charge in [-0.1, -0.05) is 84.4 Å². The molecule has 1 unspecified atom stereocenters. The van der Waals surface area contributed by atoms with E-state index in [0.29, 0.717) is 23.7 Å². The lowest BCUT2D eigenvalue weighted by atomic mass is 9.98. The lowest BCUT2D eigenvalue weighted by Crippen LogP contribution is -2.58. The van der Waals surface area contributed by atoms with Gasteiger partial charge in [-0.05, 0) is 50.0 Å². The monoisotopic (exact) mass is 667 g/mol. The number of nitrogen functional groups attached to an aromatic ring is 1. The van der Waals surface area contributed by atoms with Crippen molar-refractivity contribution in [2.75, 3.05) is 57.5 Å². The summed E-state index contributed by atoms with van der Waals surface area (Å²) in [6, 6.07) is 8.42. The van der Waals surface area contributed by atoms with E-state index in [9.17, 15) is 9.90 Å². The molecule has 45 heavy (non-hydrogen) atoms. The molecular weight excluding hydrogens is 610 g/mol. The summed E-state index contributed by atoms with van der Waals surface area (Å²) in [4.78, 5) is 28.0. The number of nitrogens with two attached hydrogens (primary N) is 1. The Balaban J connectivity index is 0.00000173. The van der Waals surface area contributed by atoms with Gasteiger partial charge in [-0.3, -0.25) is 20.0 Å². The van der Waals surface area contributed by atoms with Crippen LogP contribution in [0.25, 0.3) is 0 Å². The van der Waals surface area contributed by atoms with Gasteiger partial charge in [0.15, 0.2) is 22.5 Å². The van der Waals surface area contributed by atoms with Crippen LogP contribution < -0.4 is 26.8 Å². The number of phenolic OH excluding ortho intramolecular Hbond substituents is 1. The first-order valence-corrected chi connectivity index (χ1v) is 17.1. The summed E-state index contributed by atoms with van der Waals surface area (Å²) >= 11 is 10.8. The van der Waals surface area contributed by atoms with E-state index in [-0.39, 0.29) is 16.7 Å². The molecule has 13 heteroatoms. The van der Waals surface area contributed by atoms with Crippen molar-refractivity contribution in [2.45, 2.75) is 86.4 Å². The van der Waals surface area contributed by atoms with Gasteiger partial charge in [-0.25, -0.2) is 15.4 Å². The normalized spacial score (nSPS) is 16.6. The number of aromatic nitrogens is 2. The highest BCUT2D eigenvalue weighted by Crippen LogP contribution is 2.30. The molecule has 2 saturated heterocycles. The van der Waals surface area contributed by atoms with Crippen LogP contribution in [-0.2, 0) is 6.54 Å². The van der Waals surface area contributed by atoms with E-state index < -0.39 is 5.91 Å². The van der Waals surface area contributed by atoms with E-state index >= 15 is 0 Å². The van der Waals surface area contributed by atoms with E-state index in [2.05, 4.69) is 60.0 Å². The molecular formula is C32H58ClN9O2S. The van der Waals surface area contributed by atoms with E-state index in [0.717, 1.165) is 58.5 Å². The van der Waals surface area contributed by atoms with Crippen LogP contribution in [0.4, 0.5) is 11.6 Å². The number of thiocarbonyl (C=S) groups is 1. The number of hydrogen-bond acceptors (Lipinski definition) is 10. The molecule has 2 fully saturated rings. The van der Waals surface area contributed by atoms with Crippen molar-refractivity contribution in [1.29, 1.82) is 0 Å². The van der Waals surface area contributed by atoms with Crippen molar-refractivity contribution < 1.29 is 9.90 Å². The summed E-state index contributed by atoms with van der Waals surface area (Å²) in [6.45, 7) is 19.7. The number of piperazine rings is 1. The van der Waals surface area contributed by atoms with Gasteiger partial charge in [-0.15, -0.1) is 0 Å². The Labute approximate surface area is 282 Å². The summed E-state index contributed by atoms with van der Waals surface area (Å²) in [5.74, 6) is 0.432. The number of likely N-dealkylation sites (tertiary alicyclic amines) is 1. The molecule has 0 radical (unpaired) electrons. The number of piperidine rings is 1. The van der Waals surface area contributed by atoms with E-state index in [1.165, 1.54) is 11.1 Å². The van der Waals surface area contributed by atoms with Gasteiger partial charge in [0.2, 0.25) is 0 Å². The standard InChI is InChI=1S/C24H35ClN8O2.C2H5NS.3C2H6/c1-3-17-15-32(23-21(25)28-20(22(26)29-23)24(35)30-27-2)12-13-33(17)18-8-10-31(11-9-18)14-16-4-6-19(34)7-5-16;1-3-2-4;3*1-2/h4-7,17-18,27,34H,3,8-15H2,1-2H3,(H2,26,29)(H,30,35);2H,1H3,(H,3,4);3*1-2H3. The molecule has 1 atom stereocenters. The van der Waals surface area contributed by atoms with Gasteiger partial charge >= 0.3 is 0 Å². The lowest BCUT2D eigenvalue weighted by Gasteiger charge is -2.47. The van der Waals surface area contributed by atoms with Crippen LogP contribution in [0.15, 0.2) is 24.3 Å². The molecule has 2 aromatic rings. The minimum atomic E-state index is -0.473. The molecule has 3 heterocycles. The van der Waals surface area contributed by atoms with Crippen molar-refractivity contribution in [1.82, 2.24) is 35.9 Å². The third kappa shape index (κ3) is 13.6. The topological polar surface area (TPSA) is 135 Å². The van der Waals surface area contributed by atoms with Crippen LogP contribution in [-0.4, -0.2) is 95.2 Å². The first kappa shape index (κ1) is 42.2. The fraction of sp³-hybridized carbons (Fsp3) is 0.625. The maximum atomic E-state index is 12.1. The third-order valence-corrected chi connectivity index (χ3v) is 7.59. The molecule has 2 aliphatic heterocycles. The van der Waals surface area contributed by atoms with Crippen LogP contribution in [0, 0.1) is 0 Å². The number of anilines is 2. The highest BCUT2D eigenvalue weighted by atomic mass is 35.5. The molecule has 2 aliphatic rings. The summed E-state index contributed by atoms with van der Waals surface area (Å²) in [7, 11) is 3.36. The Kier molecular flexibility index (Phi) is 23.0. The summed E-state index contributed by atoms with van der Waals surface area (Å²) in [5.41, 5.74) is 13.7. The van der Waals surface area contributed by atoms with E-state index in [1.807, 2.05) is 53.7 Å². The van der Waals surface area contributed by atoms with E-state index in [1.54, 1.807) is 26.2 Å². The molecule has 256 valence electrons. The van der Waals surface area contributed by atoms with Gasteiger partial charge in [0.1, 0.15) is 5.75 Å². The Morgan fingerprint density at radius 2 is 1.62 bits per heavy atom. The van der Waals surface area contributed by atoms with Crippen LogP contribution in [0.1, 0.15) is 83.8 Å². The maximum Gasteiger partial charge on any atom is 0.287 e. The SMILES string of the molecule is CC.CC.CC.CCC1CN(c2nc(N)c(C(=O)NNC)nc2Cl)CCN1C1CCN(Cc2ccc(O)cc2)CC1.CNC=S. The highest BCUT2D eigenvalue weighted by Gasteiger charge is 2.34. The highest BCUT2D eigenvalue weighted by molar-refractivity contribution is 7.78. The minimum absolute atomic E-state index is 0.0119. The van der Waals surface area contributed by atoms with E-state index in [4.69, 9.17) is 17.3 Å².